The first-order valence-corrected chi connectivity index (χ1v) is 7.26. The molecule has 1 saturated carbocycles. The fourth-order valence-electron chi connectivity index (χ4n) is 2.76. The molecule has 0 heterocycles. The molecule has 3 heteroatoms. The molecule has 18 heavy (non-hydrogen) atoms. The molecule has 3 nitrogen and oxygen atoms in total. The quantitative estimate of drug-likeness (QED) is 0.739. The number of hydrogen-bond donors (Lipinski definition) is 1. The molecule has 1 aliphatic rings. The highest BCUT2D eigenvalue weighted by atomic mass is 16.3. The lowest BCUT2D eigenvalue weighted by Crippen LogP contribution is -2.43. The Balaban J connectivity index is 2.21. The van der Waals surface area contributed by atoms with Crippen molar-refractivity contribution in [2.75, 3.05) is 13.6 Å². The molecule has 0 aromatic carbocycles. The molecule has 0 radical (unpaired) electrons. The third kappa shape index (κ3) is 4.96. The lowest BCUT2D eigenvalue weighted by atomic mass is 9.88. The SMILES string of the molecule is CN(CCCCC(C)(C)C#N)C1CCCCC1O. The van der Waals surface area contributed by atoms with Crippen molar-refractivity contribution in [2.45, 2.75) is 70.9 Å². The third-order valence-electron chi connectivity index (χ3n) is 4.13. The smallest absolute Gasteiger partial charge is 0.0695 e. The van der Waals surface area contributed by atoms with Gasteiger partial charge >= 0.3 is 0 Å². The summed E-state index contributed by atoms with van der Waals surface area (Å²) >= 11 is 0. The van der Waals surface area contributed by atoms with Gasteiger partial charge in [0.05, 0.1) is 17.6 Å². The lowest BCUT2D eigenvalue weighted by Gasteiger charge is -2.35. The van der Waals surface area contributed by atoms with E-state index in [1.807, 2.05) is 13.8 Å². The Bertz CT molecular complexity index is 283. The predicted octanol–water partition coefficient (Wildman–Crippen LogP) is 2.94. The first-order valence-electron chi connectivity index (χ1n) is 7.26. The van der Waals surface area contributed by atoms with Crippen molar-refractivity contribution in [3.63, 3.8) is 0 Å². The highest BCUT2D eigenvalue weighted by molar-refractivity contribution is 4.91. The Morgan fingerprint density at radius 2 is 1.94 bits per heavy atom. The first kappa shape index (κ1) is 15.5. The average molecular weight is 252 g/mol. The summed E-state index contributed by atoms with van der Waals surface area (Å²) in [6.45, 7) is 5.03. The number of aliphatic hydroxyl groups is 1. The van der Waals surface area contributed by atoms with E-state index in [1.54, 1.807) is 0 Å². The molecule has 0 aromatic heterocycles. The van der Waals surface area contributed by atoms with E-state index in [0.717, 1.165) is 38.6 Å². The van der Waals surface area contributed by atoms with Crippen LogP contribution < -0.4 is 0 Å². The van der Waals surface area contributed by atoms with Crippen LogP contribution in [0.25, 0.3) is 0 Å². The Morgan fingerprint density at radius 3 is 2.56 bits per heavy atom. The summed E-state index contributed by atoms with van der Waals surface area (Å²) in [6, 6.07) is 2.70. The van der Waals surface area contributed by atoms with Gasteiger partial charge in [-0.1, -0.05) is 19.3 Å². The lowest BCUT2D eigenvalue weighted by molar-refractivity contribution is 0.0314. The van der Waals surface area contributed by atoms with Crippen LogP contribution in [0.4, 0.5) is 0 Å². The summed E-state index contributed by atoms with van der Waals surface area (Å²) in [7, 11) is 2.12. The number of hydrogen-bond acceptors (Lipinski definition) is 3. The van der Waals surface area contributed by atoms with Crippen LogP contribution in [0.15, 0.2) is 0 Å². The van der Waals surface area contributed by atoms with Crippen molar-refractivity contribution >= 4 is 0 Å². The Morgan fingerprint density at radius 1 is 1.28 bits per heavy atom. The van der Waals surface area contributed by atoms with Gasteiger partial charge in [0.15, 0.2) is 0 Å². The van der Waals surface area contributed by atoms with Gasteiger partial charge in [0.2, 0.25) is 0 Å². The number of nitriles is 1. The van der Waals surface area contributed by atoms with E-state index in [4.69, 9.17) is 5.26 Å². The average Bonchev–Trinajstić information content (AvgIpc) is 2.35. The summed E-state index contributed by atoms with van der Waals surface area (Å²) < 4.78 is 0. The van der Waals surface area contributed by atoms with E-state index in [-0.39, 0.29) is 11.5 Å². The molecule has 2 atom stereocenters. The van der Waals surface area contributed by atoms with Crippen molar-refractivity contribution in [2.24, 2.45) is 5.41 Å². The van der Waals surface area contributed by atoms with Crippen LogP contribution in [0.5, 0.6) is 0 Å². The molecule has 104 valence electrons. The largest absolute Gasteiger partial charge is 0.391 e. The van der Waals surface area contributed by atoms with Crippen molar-refractivity contribution in [3.05, 3.63) is 0 Å². The van der Waals surface area contributed by atoms with Gasteiger partial charge in [0.1, 0.15) is 0 Å². The number of aliphatic hydroxyl groups excluding tert-OH is 1. The van der Waals surface area contributed by atoms with Gasteiger partial charge in [-0.15, -0.1) is 0 Å². The van der Waals surface area contributed by atoms with Gasteiger partial charge in [-0.05, 0) is 53.1 Å². The Hall–Kier alpha value is -0.590. The van der Waals surface area contributed by atoms with Crippen LogP contribution in [0.1, 0.15) is 58.8 Å². The second kappa shape index (κ2) is 7.11. The topological polar surface area (TPSA) is 47.3 Å². The van der Waals surface area contributed by atoms with E-state index in [1.165, 1.54) is 12.8 Å². The second-order valence-corrected chi connectivity index (χ2v) is 6.35. The number of likely N-dealkylation sites (N-methyl/N-ethyl adjacent to an activating group) is 1. The molecule has 0 bridgehead atoms. The number of unbranched alkanes of at least 4 members (excludes halogenated alkanes) is 1. The molecule has 0 aliphatic heterocycles. The van der Waals surface area contributed by atoms with Crippen LogP contribution in [-0.4, -0.2) is 35.7 Å². The Kier molecular flexibility index (Phi) is 6.11. The molecule has 0 saturated heterocycles. The second-order valence-electron chi connectivity index (χ2n) is 6.35. The summed E-state index contributed by atoms with van der Waals surface area (Å²) in [5.74, 6) is 0. The van der Waals surface area contributed by atoms with Gasteiger partial charge in [-0.3, -0.25) is 0 Å². The maximum absolute atomic E-state index is 9.98. The molecule has 1 aliphatic carbocycles. The molecule has 1 N–H and O–H groups in total. The van der Waals surface area contributed by atoms with Crippen LogP contribution in [-0.2, 0) is 0 Å². The summed E-state index contributed by atoms with van der Waals surface area (Å²) in [5.41, 5.74) is -0.192. The summed E-state index contributed by atoms with van der Waals surface area (Å²) in [6.07, 6.45) is 7.52. The Labute approximate surface area is 112 Å². The van der Waals surface area contributed by atoms with Crippen molar-refractivity contribution in [1.82, 2.24) is 4.90 Å². The van der Waals surface area contributed by atoms with Gasteiger partial charge in [0, 0.05) is 6.04 Å². The van der Waals surface area contributed by atoms with Gasteiger partial charge in [0.25, 0.3) is 0 Å². The predicted molar refractivity (Wildman–Crippen MR) is 74.1 cm³/mol. The van der Waals surface area contributed by atoms with Gasteiger partial charge in [-0.25, -0.2) is 0 Å². The van der Waals surface area contributed by atoms with Crippen molar-refractivity contribution in [1.29, 1.82) is 5.26 Å². The maximum atomic E-state index is 9.98. The van der Waals surface area contributed by atoms with Gasteiger partial charge < -0.3 is 10.0 Å². The third-order valence-corrected chi connectivity index (χ3v) is 4.13. The zero-order valence-electron chi connectivity index (χ0n) is 12.2. The highest BCUT2D eigenvalue weighted by Crippen LogP contribution is 2.24. The minimum atomic E-state index is -0.192. The molecule has 0 spiro atoms. The minimum Gasteiger partial charge on any atom is -0.391 e. The zero-order chi connectivity index (χ0) is 13.6. The van der Waals surface area contributed by atoms with E-state index in [9.17, 15) is 5.11 Å². The fraction of sp³-hybridized carbons (Fsp3) is 0.933. The van der Waals surface area contributed by atoms with Crippen LogP contribution in [0, 0.1) is 16.7 Å². The van der Waals surface area contributed by atoms with Crippen LogP contribution in [0.2, 0.25) is 0 Å². The van der Waals surface area contributed by atoms with Crippen molar-refractivity contribution in [3.8, 4) is 6.07 Å². The van der Waals surface area contributed by atoms with Crippen LogP contribution in [0.3, 0.4) is 0 Å². The molecule has 0 amide bonds. The number of rotatable bonds is 6. The molecule has 0 aromatic rings. The molecule has 1 fully saturated rings. The first-order chi connectivity index (χ1) is 8.46. The number of nitrogens with zero attached hydrogens (tertiary/aromatic N) is 2. The molecular weight excluding hydrogens is 224 g/mol. The highest BCUT2D eigenvalue weighted by Gasteiger charge is 2.26. The zero-order valence-corrected chi connectivity index (χ0v) is 12.2. The minimum absolute atomic E-state index is 0.140. The van der Waals surface area contributed by atoms with Crippen molar-refractivity contribution < 1.29 is 5.11 Å². The molecular formula is C15H28N2O. The standard InChI is InChI=1S/C15H28N2O/c1-15(2,12-16)10-6-7-11-17(3)13-8-4-5-9-14(13)18/h13-14,18H,4-11H2,1-3H3. The molecule has 1 rings (SSSR count). The molecule has 2 unspecified atom stereocenters. The van der Waals surface area contributed by atoms with E-state index < -0.39 is 0 Å². The normalized spacial score (nSPS) is 25.1. The summed E-state index contributed by atoms with van der Waals surface area (Å²) in [4.78, 5) is 2.31. The van der Waals surface area contributed by atoms with Crippen LogP contribution >= 0.6 is 0 Å². The van der Waals surface area contributed by atoms with E-state index >= 15 is 0 Å². The van der Waals surface area contributed by atoms with E-state index in [2.05, 4.69) is 18.0 Å². The van der Waals surface area contributed by atoms with E-state index in [0.29, 0.717) is 6.04 Å². The maximum Gasteiger partial charge on any atom is 0.0695 e. The summed E-state index contributed by atoms with van der Waals surface area (Å²) in [5, 5.41) is 18.9. The monoisotopic (exact) mass is 252 g/mol. The van der Waals surface area contributed by atoms with Gasteiger partial charge in [-0.2, -0.15) is 5.26 Å². The fourth-order valence-corrected chi connectivity index (χ4v) is 2.76.